The summed E-state index contributed by atoms with van der Waals surface area (Å²) in [5.41, 5.74) is 3.18. The van der Waals surface area contributed by atoms with Crippen molar-refractivity contribution in [1.82, 2.24) is 4.98 Å². The fraction of sp³-hybridized carbons (Fsp3) is 0.0909. The highest BCUT2D eigenvalue weighted by Gasteiger charge is 2.05. The van der Waals surface area contributed by atoms with Crippen LogP contribution in [0.1, 0.15) is 5.56 Å². The standard InChI is InChI=1S/C11H10N2O2/c1-8-6-11(12-7-8)9-2-4-10(5-3-9)13(14)15/h2-7,12H,1H3. The number of non-ortho nitro benzene ring substituents is 1. The fourth-order valence-corrected chi connectivity index (χ4v) is 1.43. The van der Waals surface area contributed by atoms with Crippen molar-refractivity contribution in [3.8, 4) is 11.3 Å². The Balaban J connectivity index is 2.35. The van der Waals surface area contributed by atoms with Crippen LogP contribution in [0.25, 0.3) is 11.3 Å². The Labute approximate surface area is 86.7 Å². The van der Waals surface area contributed by atoms with E-state index in [2.05, 4.69) is 4.98 Å². The predicted octanol–water partition coefficient (Wildman–Crippen LogP) is 2.90. The van der Waals surface area contributed by atoms with Crippen LogP contribution in [0.5, 0.6) is 0 Å². The molecule has 0 aliphatic rings. The molecule has 0 aliphatic carbocycles. The molecular weight excluding hydrogens is 192 g/mol. The Hall–Kier alpha value is -2.10. The van der Waals surface area contributed by atoms with Gasteiger partial charge in [-0.3, -0.25) is 10.1 Å². The molecule has 15 heavy (non-hydrogen) atoms. The van der Waals surface area contributed by atoms with Gasteiger partial charge in [0.1, 0.15) is 0 Å². The lowest BCUT2D eigenvalue weighted by Crippen LogP contribution is -1.86. The van der Waals surface area contributed by atoms with Gasteiger partial charge in [-0.2, -0.15) is 0 Å². The maximum absolute atomic E-state index is 10.5. The Morgan fingerprint density at radius 2 is 1.93 bits per heavy atom. The number of aryl methyl sites for hydroxylation is 1. The molecular formula is C11H10N2O2. The fourth-order valence-electron chi connectivity index (χ4n) is 1.43. The summed E-state index contributed by atoms with van der Waals surface area (Å²) in [5.74, 6) is 0. The van der Waals surface area contributed by atoms with E-state index >= 15 is 0 Å². The number of aromatic nitrogens is 1. The minimum Gasteiger partial charge on any atom is -0.361 e. The highest BCUT2D eigenvalue weighted by molar-refractivity contribution is 5.61. The van der Waals surface area contributed by atoms with Crippen LogP contribution in [0.3, 0.4) is 0 Å². The molecule has 0 saturated heterocycles. The molecule has 1 aromatic carbocycles. The molecule has 0 amide bonds. The summed E-state index contributed by atoms with van der Waals surface area (Å²) < 4.78 is 0. The Morgan fingerprint density at radius 1 is 1.27 bits per heavy atom. The van der Waals surface area contributed by atoms with Gasteiger partial charge >= 0.3 is 0 Å². The van der Waals surface area contributed by atoms with Crippen molar-refractivity contribution in [2.24, 2.45) is 0 Å². The zero-order valence-electron chi connectivity index (χ0n) is 8.23. The minimum absolute atomic E-state index is 0.113. The molecule has 76 valence electrons. The van der Waals surface area contributed by atoms with Crippen molar-refractivity contribution in [2.45, 2.75) is 6.92 Å². The summed E-state index contributed by atoms with van der Waals surface area (Å²) in [6.07, 6.45) is 1.90. The third kappa shape index (κ3) is 1.88. The van der Waals surface area contributed by atoms with Crippen molar-refractivity contribution >= 4 is 5.69 Å². The number of hydrogen-bond donors (Lipinski definition) is 1. The largest absolute Gasteiger partial charge is 0.361 e. The summed E-state index contributed by atoms with van der Waals surface area (Å²) in [6, 6.07) is 8.49. The van der Waals surface area contributed by atoms with E-state index < -0.39 is 4.92 Å². The molecule has 1 heterocycles. The Kier molecular flexibility index (Phi) is 2.25. The summed E-state index contributed by atoms with van der Waals surface area (Å²) >= 11 is 0. The van der Waals surface area contributed by atoms with Gasteiger partial charge in [0.05, 0.1) is 4.92 Å². The van der Waals surface area contributed by atoms with Gasteiger partial charge in [-0.1, -0.05) is 0 Å². The first kappa shape index (κ1) is 9.45. The van der Waals surface area contributed by atoms with Gasteiger partial charge in [0.25, 0.3) is 5.69 Å². The quantitative estimate of drug-likeness (QED) is 0.601. The number of nitro groups is 1. The number of aromatic amines is 1. The number of H-pyrrole nitrogens is 1. The zero-order valence-corrected chi connectivity index (χ0v) is 8.23. The molecule has 0 unspecified atom stereocenters. The molecule has 4 heteroatoms. The SMILES string of the molecule is Cc1c[nH]c(-c2ccc([N+](=O)[O-])cc2)c1. The van der Waals surface area contributed by atoms with E-state index in [0.29, 0.717) is 0 Å². The van der Waals surface area contributed by atoms with E-state index in [1.54, 1.807) is 12.1 Å². The van der Waals surface area contributed by atoms with E-state index in [1.165, 1.54) is 12.1 Å². The van der Waals surface area contributed by atoms with Crippen molar-refractivity contribution in [3.05, 3.63) is 52.2 Å². The van der Waals surface area contributed by atoms with Crippen molar-refractivity contribution in [2.75, 3.05) is 0 Å². The van der Waals surface area contributed by atoms with E-state index in [1.807, 2.05) is 19.2 Å². The lowest BCUT2D eigenvalue weighted by molar-refractivity contribution is -0.384. The molecule has 4 nitrogen and oxygen atoms in total. The van der Waals surface area contributed by atoms with Gasteiger partial charge in [-0.05, 0) is 36.2 Å². The normalized spacial score (nSPS) is 10.2. The molecule has 1 N–H and O–H groups in total. The first-order chi connectivity index (χ1) is 7.16. The molecule has 0 fully saturated rings. The highest BCUT2D eigenvalue weighted by Crippen LogP contribution is 2.21. The first-order valence-electron chi connectivity index (χ1n) is 4.56. The molecule has 0 aliphatic heterocycles. The number of nitrogens with one attached hydrogen (secondary N) is 1. The number of nitro benzene ring substituents is 1. The lowest BCUT2D eigenvalue weighted by Gasteiger charge is -1.96. The highest BCUT2D eigenvalue weighted by atomic mass is 16.6. The first-order valence-corrected chi connectivity index (χ1v) is 4.56. The second-order valence-electron chi connectivity index (χ2n) is 3.39. The number of rotatable bonds is 2. The van der Waals surface area contributed by atoms with Crippen LogP contribution in [0.15, 0.2) is 36.5 Å². The van der Waals surface area contributed by atoms with Crippen LogP contribution >= 0.6 is 0 Å². The second kappa shape index (κ2) is 3.57. The van der Waals surface area contributed by atoms with Gasteiger partial charge in [0.15, 0.2) is 0 Å². The molecule has 0 spiro atoms. The second-order valence-corrected chi connectivity index (χ2v) is 3.39. The molecule has 0 saturated carbocycles. The van der Waals surface area contributed by atoms with Gasteiger partial charge in [-0.15, -0.1) is 0 Å². The van der Waals surface area contributed by atoms with Crippen LogP contribution in [0.4, 0.5) is 5.69 Å². The Bertz CT molecular complexity index is 486. The topological polar surface area (TPSA) is 58.9 Å². The monoisotopic (exact) mass is 202 g/mol. The van der Waals surface area contributed by atoms with Crippen LogP contribution in [-0.2, 0) is 0 Å². The van der Waals surface area contributed by atoms with Crippen molar-refractivity contribution in [3.63, 3.8) is 0 Å². The Morgan fingerprint density at radius 3 is 2.40 bits per heavy atom. The third-order valence-corrected chi connectivity index (χ3v) is 2.22. The van der Waals surface area contributed by atoms with Crippen molar-refractivity contribution < 1.29 is 4.92 Å². The average Bonchev–Trinajstić information content (AvgIpc) is 2.65. The zero-order chi connectivity index (χ0) is 10.8. The molecule has 0 atom stereocenters. The summed E-state index contributed by atoms with van der Waals surface area (Å²) in [4.78, 5) is 13.2. The molecule has 0 bridgehead atoms. The van der Waals surface area contributed by atoms with Crippen LogP contribution in [-0.4, -0.2) is 9.91 Å². The van der Waals surface area contributed by atoms with Gasteiger partial charge in [-0.25, -0.2) is 0 Å². The summed E-state index contributed by atoms with van der Waals surface area (Å²) in [7, 11) is 0. The van der Waals surface area contributed by atoms with E-state index in [9.17, 15) is 10.1 Å². The predicted molar refractivity (Wildman–Crippen MR) is 57.6 cm³/mol. The molecule has 0 radical (unpaired) electrons. The minimum atomic E-state index is -0.399. The van der Waals surface area contributed by atoms with Crippen LogP contribution in [0, 0.1) is 17.0 Å². The van der Waals surface area contributed by atoms with Gasteiger partial charge in [0, 0.05) is 24.0 Å². The van der Waals surface area contributed by atoms with Crippen molar-refractivity contribution in [1.29, 1.82) is 0 Å². The van der Waals surface area contributed by atoms with Gasteiger partial charge < -0.3 is 4.98 Å². The molecule has 1 aromatic heterocycles. The average molecular weight is 202 g/mol. The van der Waals surface area contributed by atoms with E-state index in [0.717, 1.165) is 16.8 Å². The molecule has 2 aromatic rings. The van der Waals surface area contributed by atoms with Crippen LogP contribution < -0.4 is 0 Å². The third-order valence-electron chi connectivity index (χ3n) is 2.22. The van der Waals surface area contributed by atoms with E-state index in [4.69, 9.17) is 0 Å². The smallest absolute Gasteiger partial charge is 0.269 e. The van der Waals surface area contributed by atoms with E-state index in [-0.39, 0.29) is 5.69 Å². The summed E-state index contributed by atoms with van der Waals surface area (Å²) in [6.45, 7) is 1.99. The maximum atomic E-state index is 10.5. The molecule has 2 rings (SSSR count). The van der Waals surface area contributed by atoms with Gasteiger partial charge in [0.2, 0.25) is 0 Å². The maximum Gasteiger partial charge on any atom is 0.269 e. The number of hydrogen-bond acceptors (Lipinski definition) is 2. The number of nitrogens with zero attached hydrogens (tertiary/aromatic N) is 1. The number of benzene rings is 1. The summed E-state index contributed by atoms with van der Waals surface area (Å²) in [5, 5.41) is 10.5. The van der Waals surface area contributed by atoms with Crippen LogP contribution in [0.2, 0.25) is 0 Å². The lowest BCUT2D eigenvalue weighted by atomic mass is 10.1.